The number of ether oxygens (including phenoxy) is 3. The molecule has 2 heterocycles. The number of hydrogen-bond donors (Lipinski definition) is 1. The van der Waals surface area contributed by atoms with Crippen molar-refractivity contribution in [1.82, 2.24) is 0 Å². The smallest absolute Gasteiger partial charge is 0.300 e. The van der Waals surface area contributed by atoms with E-state index in [0.29, 0.717) is 35.1 Å². The van der Waals surface area contributed by atoms with Gasteiger partial charge in [0.15, 0.2) is 11.5 Å². The second-order valence-corrected chi connectivity index (χ2v) is 10.4. The maximum Gasteiger partial charge on any atom is 0.300 e. The Labute approximate surface area is 236 Å². The average molecular weight is 556 g/mol. The van der Waals surface area contributed by atoms with Gasteiger partial charge in [-0.25, -0.2) is 0 Å². The highest BCUT2D eigenvalue weighted by Crippen LogP contribution is 2.46. The van der Waals surface area contributed by atoms with Crippen LogP contribution in [-0.2, 0) is 16.2 Å². The molecule has 7 nitrogen and oxygen atoms in total. The van der Waals surface area contributed by atoms with Gasteiger partial charge in [0.2, 0.25) is 0 Å². The normalized spacial score (nSPS) is 16.3. The van der Waals surface area contributed by atoms with Crippen LogP contribution in [0.1, 0.15) is 33.2 Å². The van der Waals surface area contributed by atoms with Gasteiger partial charge in [0.25, 0.3) is 11.7 Å². The van der Waals surface area contributed by atoms with E-state index < -0.39 is 17.7 Å². The zero-order valence-corrected chi connectivity index (χ0v) is 23.5. The van der Waals surface area contributed by atoms with Crippen molar-refractivity contribution in [3.63, 3.8) is 0 Å². The number of amides is 1. The predicted octanol–water partition coefficient (Wildman–Crippen LogP) is 6.59. The lowest BCUT2D eigenvalue weighted by atomic mass is 9.97. The Morgan fingerprint density at radius 1 is 0.875 bits per heavy atom. The fourth-order valence-electron chi connectivity index (χ4n) is 4.84. The monoisotopic (exact) mass is 555 g/mol. The molecule has 0 saturated carbocycles. The molecule has 5 rings (SSSR count). The third-order valence-electron chi connectivity index (χ3n) is 6.93. The number of aliphatic hydroxyl groups excluding tert-OH is 1. The summed E-state index contributed by atoms with van der Waals surface area (Å²) in [4.78, 5) is 29.2. The molecule has 3 aromatic carbocycles. The van der Waals surface area contributed by atoms with Crippen molar-refractivity contribution in [2.24, 2.45) is 0 Å². The minimum absolute atomic E-state index is 0.0303. The molecule has 204 valence electrons. The number of hydrogen-bond acceptors (Lipinski definition) is 7. The van der Waals surface area contributed by atoms with Gasteiger partial charge in [-0.15, -0.1) is 11.3 Å². The number of nitrogens with zero attached hydrogens (tertiary/aromatic N) is 1. The van der Waals surface area contributed by atoms with E-state index in [0.717, 1.165) is 21.6 Å². The SMILES string of the molecule is COc1ccc(N2C(=O)C(=O)/C(=C(\O)c3ccc(OCc4ccccc4)c(C)c3)C2c2sccc2C)cc1OC. The zero-order chi connectivity index (χ0) is 28.4. The first-order chi connectivity index (χ1) is 19.3. The number of methoxy groups -OCH3 is 2. The summed E-state index contributed by atoms with van der Waals surface area (Å²) in [5.41, 5.74) is 3.65. The van der Waals surface area contributed by atoms with Gasteiger partial charge >= 0.3 is 0 Å². The van der Waals surface area contributed by atoms with Crippen LogP contribution in [0, 0.1) is 13.8 Å². The lowest BCUT2D eigenvalue weighted by Crippen LogP contribution is -2.29. The second-order valence-electron chi connectivity index (χ2n) is 9.43. The van der Waals surface area contributed by atoms with E-state index in [4.69, 9.17) is 14.2 Å². The molecule has 1 atom stereocenters. The number of ketones is 1. The van der Waals surface area contributed by atoms with E-state index in [1.54, 1.807) is 36.4 Å². The number of carbonyl (C=O) groups is 2. The summed E-state index contributed by atoms with van der Waals surface area (Å²) in [5.74, 6) is -0.145. The van der Waals surface area contributed by atoms with Gasteiger partial charge in [-0.2, -0.15) is 0 Å². The molecule has 1 amide bonds. The Balaban J connectivity index is 1.56. The van der Waals surface area contributed by atoms with Gasteiger partial charge in [0.05, 0.1) is 19.8 Å². The topological polar surface area (TPSA) is 85.3 Å². The molecule has 8 heteroatoms. The summed E-state index contributed by atoms with van der Waals surface area (Å²) in [6.07, 6.45) is 0. The van der Waals surface area contributed by atoms with E-state index in [2.05, 4.69) is 0 Å². The van der Waals surface area contributed by atoms with Crippen LogP contribution in [-0.4, -0.2) is 31.0 Å². The Hall–Kier alpha value is -4.56. The third-order valence-corrected chi connectivity index (χ3v) is 8.00. The lowest BCUT2D eigenvalue weighted by Gasteiger charge is -2.25. The maximum absolute atomic E-state index is 13.5. The summed E-state index contributed by atoms with van der Waals surface area (Å²) in [7, 11) is 3.03. The quantitative estimate of drug-likeness (QED) is 0.150. The molecule has 1 aromatic heterocycles. The largest absolute Gasteiger partial charge is 0.507 e. The van der Waals surface area contributed by atoms with Gasteiger partial charge in [-0.05, 0) is 72.3 Å². The highest BCUT2D eigenvalue weighted by molar-refractivity contribution is 7.10. The molecule has 1 aliphatic rings. The molecule has 1 fully saturated rings. The van der Waals surface area contributed by atoms with Crippen LogP contribution in [0.15, 0.2) is 83.7 Å². The van der Waals surface area contributed by atoms with Crippen LogP contribution in [0.25, 0.3) is 5.76 Å². The second kappa shape index (κ2) is 11.3. The molecule has 1 aliphatic heterocycles. The molecule has 1 unspecified atom stereocenters. The number of anilines is 1. The number of Topliss-reactive ketones (excluding diaryl/α,β-unsaturated/α-hetero) is 1. The Morgan fingerprint density at radius 3 is 2.25 bits per heavy atom. The Kier molecular flexibility index (Phi) is 7.62. The van der Waals surface area contributed by atoms with Crippen molar-refractivity contribution >= 4 is 34.5 Å². The van der Waals surface area contributed by atoms with Gasteiger partial charge in [0, 0.05) is 22.2 Å². The van der Waals surface area contributed by atoms with E-state index in [9.17, 15) is 14.7 Å². The Morgan fingerprint density at radius 2 is 1.60 bits per heavy atom. The molecule has 0 spiro atoms. The molecule has 4 aromatic rings. The Bertz CT molecular complexity index is 1610. The predicted molar refractivity (Wildman–Crippen MR) is 155 cm³/mol. The van der Waals surface area contributed by atoms with E-state index in [1.807, 2.05) is 55.6 Å². The fraction of sp³-hybridized carbons (Fsp3) is 0.188. The van der Waals surface area contributed by atoms with Crippen LogP contribution < -0.4 is 19.1 Å². The summed E-state index contributed by atoms with van der Waals surface area (Å²) in [6, 6.07) is 21.2. The van der Waals surface area contributed by atoms with E-state index in [1.165, 1.54) is 30.5 Å². The highest BCUT2D eigenvalue weighted by atomic mass is 32.1. The fourth-order valence-corrected chi connectivity index (χ4v) is 5.86. The highest BCUT2D eigenvalue weighted by Gasteiger charge is 2.48. The van der Waals surface area contributed by atoms with Gasteiger partial charge in [0.1, 0.15) is 24.2 Å². The average Bonchev–Trinajstić information content (AvgIpc) is 3.51. The molecular weight excluding hydrogens is 526 g/mol. The number of thiophene rings is 1. The first kappa shape index (κ1) is 27.0. The molecule has 1 N–H and O–H groups in total. The van der Waals surface area contributed by atoms with Gasteiger partial charge in [-0.3, -0.25) is 14.5 Å². The number of benzene rings is 3. The van der Waals surface area contributed by atoms with Crippen LogP contribution in [0.3, 0.4) is 0 Å². The van der Waals surface area contributed by atoms with E-state index in [-0.39, 0.29) is 11.3 Å². The van der Waals surface area contributed by atoms with Crippen molar-refractivity contribution in [1.29, 1.82) is 0 Å². The summed E-state index contributed by atoms with van der Waals surface area (Å²) in [6.45, 7) is 4.20. The number of carbonyl (C=O) groups excluding carboxylic acids is 2. The summed E-state index contributed by atoms with van der Waals surface area (Å²) < 4.78 is 16.8. The molecule has 0 aliphatic carbocycles. The van der Waals surface area contributed by atoms with Gasteiger partial charge < -0.3 is 19.3 Å². The standard InChI is InChI=1S/C32H29NO6S/c1-19-14-15-40-31(19)28-27(30(35)32(36)33(28)23-11-13-25(37-3)26(17-23)38-4)29(34)22-10-12-24(20(2)16-22)39-18-21-8-6-5-7-9-21/h5-17,28,34H,18H2,1-4H3/b29-27-. The maximum atomic E-state index is 13.5. The zero-order valence-electron chi connectivity index (χ0n) is 22.6. The molecular formula is C32H29NO6S. The summed E-state index contributed by atoms with van der Waals surface area (Å²) >= 11 is 1.43. The number of rotatable bonds is 8. The minimum atomic E-state index is -0.813. The van der Waals surface area contributed by atoms with Gasteiger partial charge in [-0.1, -0.05) is 30.3 Å². The first-order valence-electron chi connectivity index (χ1n) is 12.7. The molecule has 40 heavy (non-hydrogen) atoms. The third kappa shape index (κ3) is 4.94. The van der Waals surface area contributed by atoms with Crippen molar-refractivity contribution in [3.8, 4) is 17.2 Å². The number of aryl methyl sites for hydroxylation is 2. The van der Waals surface area contributed by atoms with Crippen LogP contribution in [0.2, 0.25) is 0 Å². The molecule has 1 saturated heterocycles. The number of aliphatic hydroxyl groups is 1. The van der Waals surface area contributed by atoms with Crippen LogP contribution in [0.5, 0.6) is 17.2 Å². The van der Waals surface area contributed by atoms with Crippen LogP contribution >= 0.6 is 11.3 Å². The van der Waals surface area contributed by atoms with Crippen molar-refractivity contribution in [2.75, 3.05) is 19.1 Å². The van der Waals surface area contributed by atoms with Crippen molar-refractivity contribution in [3.05, 3.63) is 111 Å². The molecule has 0 radical (unpaired) electrons. The minimum Gasteiger partial charge on any atom is -0.507 e. The van der Waals surface area contributed by atoms with E-state index >= 15 is 0 Å². The van der Waals surface area contributed by atoms with Crippen molar-refractivity contribution in [2.45, 2.75) is 26.5 Å². The van der Waals surface area contributed by atoms with Crippen LogP contribution in [0.4, 0.5) is 5.69 Å². The first-order valence-corrected chi connectivity index (χ1v) is 13.6. The van der Waals surface area contributed by atoms with Crippen molar-refractivity contribution < 1.29 is 28.9 Å². The lowest BCUT2D eigenvalue weighted by molar-refractivity contribution is -0.132. The summed E-state index contributed by atoms with van der Waals surface area (Å²) in [5, 5.41) is 13.4. The molecule has 0 bridgehead atoms.